The smallest absolute Gasteiger partial charge is 0.194 e. The highest BCUT2D eigenvalue weighted by atomic mass is 19.2. The Kier molecular flexibility index (Phi) is 6.79. The first kappa shape index (κ1) is 21.4. The highest BCUT2D eigenvalue weighted by Gasteiger charge is 2.32. The predicted octanol–water partition coefficient (Wildman–Crippen LogP) is 7.04. The lowest BCUT2D eigenvalue weighted by Crippen LogP contribution is -2.34. The maximum absolute atomic E-state index is 13.5. The molecule has 2 aromatic rings. The van der Waals surface area contributed by atoms with Gasteiger partial charge in [-0.1, -0.05) is 56.9 Å². The largest absolute Gasteiger partial charge is 0.348 e. The summed E-state index contributed by atoms with van der Waals surface area (Å²) in [5.74, 6) is -1.80. The summed E-state index contributed by atoms with van der Waals surface area (Å²) in [6, 6.07) is 9.15. The summed E-state index contributed by atoms with van der Waals surface area (Å²) in [6.45, 7) is 3.66. The van der Waals surface area contributed by atoms with Crippen molar-refractivity contribution in [3.05, 3.63) is 59.4 Å². The monoisotopic (exact) mass is 418 g/mol. The van der Waals surface area contributed by atoms with E-state index in [9.17, 15) is 13.2 Å². The van der Waals surface area contributed by atoms with Crippen molar-refractivity contribution in [2.24, 2.45) is 17.8 Å². The molecule has 0 amide bonds. The Morgan fingerprint density at radius 1 is 0.800 bits per heavy atom. The summed E-state index contributed by atoms with van der Waals surface area (Å²) in [5.41, 5.74) is 1.77. The molecule has 4 rings (SSSR count). The Labute approximate surface area is 176 Å². The highest BCUT2D eigenvalue weighted by Crippen LogP contribution is 2.38. The summed E-state index contributed by atoms with van der Waals surface area (Å²) in [4.78, 5) is 0. The zero-order valence-electron chi connectivity index (χ0n) is 17.4. The Balaban J connectivity index is 1.33. The van der Waals surface area contributed by atoms with Gasteiger partial charge in [0.05, 0.1) is 13.2 Å². The second-order valence-corrected chi connectivity index (χ2v) is 8.70. The van der Waals surface area contributed by atoms with E-state index in [1.807, 2.05) is 12.1 Å². The number of ether oxygens (including phenoxy) is 2. The maximum Gasteiger partial charge on any atom is 0.194 e. The molecule has 1 aliphatic heterocycles. The number of rotatable bonds is 5. The lowest BCUT2D eigenvalue weighted by Gasteiger charge is -2.37. The van der Waals surface area contributed by atoms with Gasteiger partial charge in [-0.15, -0.1) is 0 Å². The van der Waals surface area contributed by atoms with E-state index in [2.05, 4.69) is 6.92 Å². The van der Waals surface area contributed by atoms with Gasteiger partial charge in [-0.2, -0.15) is 0 Å². The van der Waals surface area contributed by atoms with Crippen molar-refractivity contribution in [1.29, 1.82) is 0 Å². The van der Waals surface area contributed by atoms with Crippen LogP contribution in [-0.4, -0.2) is 13.2 Å². The molecule has 1 aliphatic carbocycles. The van der Waals surface area contributed by atoms with Crippen LogP contribution in [0.2, 0.25) is 0 Å². The van der Waals surface area contributed by atoms with Crippen molar-refractivity contribution >= 4 is 0 Å². The molecular formula is C25H29F3O2. The quantitative estimate of drug-likeness (QED) is 0.485. The number of benzene rings is 2. The summed E-state index contributed by atoms with van der Waals surface area (Å²) in [5, 5.41) is 0. The molecule has 0 atom stereocenters. The van der Waals surface area contributed by atoms with Crippen LogP contribution in [0.3, 0.4) is 0 Å². The predicted molar refractivity (Wildman–Crippen MR) is 110 cm³/mol. The summed E-state index contributed by atoms with van der Waals surface area (Å²) < 4.78 is 52.2. The highest BCUT2D eigenvalue weighted by molar-refractivity contribution is 5.64. The molecule has 2 aliphatic rings. The fraction of sp³-hybridized carbons (Fsp3) is 0.520. The van der Waals surface area contributed by atoms with Crippen LogP contribution in [0.1, 0.15) is 57.3 Å². The minimum absolute atomic E-state index is 0.294. The minimum Gasteiger partial charge on any atom is -0.348 e. The van der Waals surface area contributed by atoms with Crippen LogP contribution in [0.15, 0.2) is 36.4 Å². The molecule has 1 saturated carbocycles. The molecular weight excluding hydrogens is 389 g/mol. The van der Waals surface area contributed by atoms with E-state index in [0.717, 1.165) is 23.6 Å². The Morgan fingerprint density at radius 3 is 1.97 bits per heavy atom. The molecule has 0 aromatic heterocycles. The van der Waals surface area contributed by atoms with Gasteiger partial charge in [-0.3, -0.25) is 0 Å². The van der Waals surface area contributed by atoms with Crippen molar-refractivity contribution < 1.29 is 22.6 Å². The van der Waals surface area contributed by atoms with Crippen LogP contribution >= 0.6 is 0 Å². The van der Waals surface area contributed by atoms with E-state index < -0.39 is 23.7 Å². The molecule has 2 aromatic carbocycles. The third-order valence-corrected chi connectivity index (χ3v) is 6.68. The van der Waals surface area contributed by atoms with Gasteiger partial charge in [0.25, 0.3) is 0 Å². The molecule has 2 nitrogen and oxygen atoms in total. The van der Waals surface area contributed by atoms with Crippen LogP contribution in [-0.2, 0) is 9.47 Å². The summed E-state index contributed by atoms with van der Waals surface area (Å²) >= 11 is 0. The molecule has 1 heterocycles. The van der Waals surface area contributed by atoms with Crippen molar-refractivity contribution in [3.8, 4) is 11.1 Å². The Bertz CT molecular complexity index is 813. The van der Waals surface area contributed by atoms with E-state index >= 15 is 0 Å². The van der Waals surface area contributed by atoms with Gasteiger partial charge in [-0.05, 0) is 47.9 Å². The van der Waals surface area contributed by atoms with Crippen molar-refractivity contribution in [2.45, 2.75) is 51.7 Å². The first-order valence-electron chi connectivity index (χ1n) is 11.0. The van der Waals surface area contributed by atoms with Crippen LogP contribution in [0.4, 0.5) is 13.2 Å². The first-order valence-corrected chi connectivity index (χ1v) is 11.0. The van der Waals surface area contributed by atoms with E-state index in [-0.39, 0.29) is 0 Å². The van der Waals surface area contributed by atoms with Gasteiger partial charge in [-0.25, -0.2) is 13.2 Å². The van der Waals surface area contributed by atoms with Gasteiger partial charge in [0, 0.05) is 11.5 Å². The Morgan fingerprint density at radius 2 is 1.40 bits per heavy atom. The van der Waals surface area contributed by atoms with Gasteiger partial charge in [0.15, 0.2) is 23.7 Å². The van der Waals surface area contributed by atoms with Crippen molar-refractivity contribution in [3.63, 3.8) is 0 Å². The molecule has 5 heteroatoms. The van der Waals surface area contributed by atoms with Crippen LogP contribution in [0, 0.1) is 35.2 Å². The maximum atomic E-state index is 13.5. The second-order valence-electron chi connectivity index (χ2n) is 8.70. The van der Waals surface area contributed by atoms with E-state index in [0.29, 0.717) is 36.2 Å². The van der Waals surface area contributed by atoms with E-state index in [1.54, 1.807) is 12.1 Å². The molecule has 0 bridgehead atoms. The number of hydrogen-bond acceptors (Lipinski definition) is 2. The molecule has 30 heavy (non-hydrogen) atoms. The molecule has 2 fully saturated rings. The van der Waals surface area contributed by atoms with E-state index in [1.165, 1.54) is 38.5 Å². The minimum atomic E-state index is -1.45. The SMILES string of the molecule is CCCC1CCC(C2COC(c3ccc(-c4cc(F)c(F)c(F)c4)cc3)OC2)CC1. The van der Waals surface area contributed by atoms with Crippen LogP contribution in [0.5, 0.6) is 0 Å². The standard InChI is InChI=1S/C25H29F3O2/c1-2-3-16-4-6-18(7-5-16)21-14-29-25(30-15-21)19-10-8-17(9-11-19)20-12-22(26)24(28)23(27)13-20/h8-13,16,18,21,25H,2-7,14-15H2,1H3. The molecule has 1 saturated heterocycles. The third-order valence-electron chi connectivity index (χ3n) is 6.68. The molecule has 0 radical (unpaired) electrons. The molecule has 0 unspecified atom stereocenters. The zero-order valence-corrected chi connectivity index (χ0v) is 17.4. The van der Waals surface area contributed by atoms with Crippen molar-refractivity contribution in [1.82, 2.24) is 0 Å². The van der Waals surface area contributed by atoms with Gasteiger partial charge < -0.3 is 9.47 Å². The number of halogens is 3. The molecule has 162 valence electrons. The first-order chi connectivity index (χ1) is 14.5. The fourth-order valence-corrected chi connectivity index (χ4v) is 4.89. The Hall–Kier alpha value is -1.85. The lowest BCUT2D eigenvalue weighted by atomic mass is 9.75. The second kappa shape index (κ2) is 9.52. The number of hydrogen-bond donors (Lipinski definition) is 0. The average Bonchev–Trinajstić information content (AvgIpc) is 2.78. The van der Waals surface area contributed by atoms with Gasteiger partial charge in [0.1, 0.15) is 0 Å². The summed E-state index contributed by atoms with van der Waals surface area (Å²) in [6.07, 6.45) is 7.39. The summed E-state index contributed by atoms with van der Waals surface area (Å²) in [7, 11) is 0. The molecule has 0 spiro atoms. The van der Waals surface area contributed by atoms with Gasteiger partial charge in [0.2, 0.25) is 0 Å². The third kappa shape index (κ3) is 4.73. The van der Waals surface area contributed by atoms with E-state index in [4.69, 9.17) is 9.47 Å². The van der Waals surface area contributed by atoms with Crippen LogP contribution in [0.25, 0.3) is 11.1 Å². The van der Waals surface area contributed by atoms with Crippen LogP contribution < -0.4 is 0 Å². The zero-order chi connectivity index (χ0) is 21.1. The fourth-order valence-electron chi connectivity index (χ4n) is 4.89. The topological polar surface area (TPSA) is 18.5 Å². The van der Waals surface area contributed by atoms with Crippen molar-refractivity contribution in [2.75, 3.05) is 13.2 Å². The normalized spacial score (nSPS) is 27.2. The van der Waals surface area contributed by atoms with Gasteiger partial charge >= 0.3 is 0 Å². The average molecular weight is 418 g/mol. The molecule has 0 N–H and O–H groups in total. The lowest BCUT2D eigenvalue weighted by molar-refractivity contribution is -0.214.